The Bertz CT molecular complexity index is 600. The first-order chi connectivity index (χ1) is 11.5. The summed E-state index contributed by atoms with van der Waals surface area (Å²) in [5.41, 5.74) is 1.49. The Hall–Kier alpha value is -2.57. The lowest BCUT2D eigenvalue weighted by Gasteiger charge is -2.26. The molecule has 1 aliphatic heterocycles. The normalized spacial score (nSPS) is 15.4. The predicted octanol–water partition coefficient (Wildman–Crippen LogP) is 0.856. The first kappa shape index (κ1) is 17.8. The van der Waals surface area contributed by atoms with Gasteiger partial charge in [0.25, 0.3) is 5.91 Å². The van der Waals surface area contributed by atoms with E-state index in [0.29, 0.717) is 25.2 Å². The third-order valence-electron chi connectivity index (χ3n) is 3.98. The van der Waals surface area contributed by atoms with E-state index in [2.05, 4.69) is 16.0 Å². The van der Waals surface area contributed by atoms with E-state index in [4.69, 9.17) is 0 Å². The van der Waals surface area contributed by atoms with Crippen molar-refractivity contribution in [2.24, 2.45) is 0 Å². The summed E-state index contributed by atoms with van der Waals surface area (Å²) in [4.78, 5) is 36.8. The van der Waals surface area contributed by atoms with E-state index >= 15 is 0 Å². The summed E-state index contributed by atoms with van der Waals surface area (Å²) >= 11 is 0. The standard InChI is InChI=1S/C17H24N4O3/c1-3-12(2)20-16(23)14-6-4-13(5-7-14)10-19-17(24)21-9-8-18-15(22)11-21/h4-7,12H,3,8-11H2,1-2H3,(H,18,22)(H,19,24)(H,20,23). The molecule has 0 aromatic heterocycles. The summed E-state index contributed by atoms with van der Waals surface area (Å²) in [5, 5.41) is 8.37. The second-order valence-corrected chi connectivity index (χ2v) is 5.91. The SMILES string of the molecule is CCC(C)NC(=O)c1ccc(CNC(=O)N2CCNC(=O)C2)cc1. The van der Waals surface area contributed by atoms with Gasteiger partial charge >= 0.3 is 6.03 Å². The lowest BCUT2D eigenvalue weighted by Crippen LogP contribution is -2.52. The van der Waals surface area contributed by atoms with E-state index in [-0.39, 0.29) is 30.4 Å². The molecule has 0 radical (unpaired) electrons. The van der Waals surface area contributed by atoms with Crippen molar-refractivity contribution < 1.29 is 14.4 Å². The van der Waals surface area contributed by atoms with Gasteiger partial charge in [-0.1, -0.05) is 19.1 Å². The number of nitrogens with zero attached hydrogens (tertiary/aromatic N) is 1. The van der Waals surface area contributed by atoms with Gasteiger partial charge in [0.15, 0.2) is 0 Å². The van der Waals surface area contributed by atoms with Gasteiger partial charge in [-0.25, -0.2) is 4.79 Å². The predicted molar refractivity (Wildman–Crippen MR) is 90.5 cm³/mol. The van der Waals surface area contributed by atoms with Crippen LogP contribution >= 0.6 is 0 Å². The lowest BCUT2D eigenvalue weighted by atomic mass is 10.1. The molecule has 1 aliphatic rings. The van der Waals surface area contributed by atoms with Gasteiger partial charge in [0.2, 0.25) is 5.91 Å². The number of nitrogens with one attached hydrogen (secondary N) is 3. The van der Waals surface area contributed by atoms with E-state index in [1.54, 1.807) is 12.1 Å². The highest BCUT2D eigenvalue weighted by Gasteiger charge is 2.20. The van der Waals surface area contributed by atoms with Crippen LogP contribution in [0.4, 0.5) is 4.79 Å². The maximum atomic E-state index is 12.0. The molecule has 2 rings (SSSR count). The molecule has 0 saturated carbocycles. The smallest absolute Gasteiger partial charge is 0.318 e. The maximum absolute atomic E-state index is 12.0. The molecule has 7 heteroatoms. The molecule has 1 unspecified atom stereocenters. The van der Waals surface area contributed by atoms with Crippen molar-refractivity contribution in [1.82, 2.24) is 20.9 Å². The molecule has 1 atom stereocenters. The van der Waals surface area contributed by atoms with Crippen molar-refractivity contribution in [3.05, 3.63) is 35.4 Å². The molecular formula is C17H24N4O3. The van der Waals surface area contributed by atoms with Crippen LogP contribution in [0.1, 0.15) is 36.2 Å². The molecule has 4 amide bonds. The number of hydrogen-bond acceptors (Lipinski definition) is 3. The number of benzene rings is 1. The zero-order chi connectivity index (χ0) is 17.5. The van der Waals surface area contributed by atoms with Crippen LogP contribution in [-0.4, -0.2) is 48.4 Å². The van der Waals surface area contributed by atoms with E-state index in [1.165, 1.54) is 4.90 Å². The van der Waals surface area contributed by atoms with E-state index in [0.717, 1.165) is 12.0 Å². The van der Waals surface area contributed by atoms with Gasteiger partial charge < -0.3 is 20.9 Å². The van der Waals surface area contributed by atoms with E-state index in [9.17, 15) is 14.4 Å². The van der Waals surface area contributed by atoms with Crippen LogP contribution < -0.4 is 16.0 Å². The monoisotopic (exact) mass is 332 g/mol. The molecule has 1 aromatic carbocycles. The highest BCUT2D eigenvalue weighted by molar-refractivity contribution is 5.94. The van der Waals surface area contributed by atoms with E-state index < -0.39 is 0 Å². The third kappa shape index (κ3) is 4.97. The second kappa shape index (κ2) is 8.33. The molecule has 0 spiro atoms. The van der Waals surface area contributed by atoms with Crippen LogP contribution in [0.25, 0.3) is 0 Å². The molecule has 0 bridgehead atoms. The van der Waals surface area contributed by atoms with E-state index in [1.807, 2.05) is 26.0 Å². The fourth-order valence-electron chi connectivity index (χ4n) is 2.28. The van der Waals surface area contributed by atoms with Crippen LogP contribution in [0.2, 0.25) is 0 Å². The summed E-state index contributed by atoms with van der Waals surface area (Å²) < 4.78 is 0. The zero-order valence-corrected chi connectivity index (χ0v) is 14.1. The van der Waals surface area contributed by atoms with Gasteiger partial charge in [-0.05, 0) is 31.0 Å². The average molecular weight is 332 g/mol. The quantitative estimate of drug-likeness (QED) is 0.747. The molecule has 1 heterocycles. The van der Waals surface area contributed by atoms with Gasteiger partial charge in [0.05, 0.1) is 0 Å². The molecule has 24 heavy (non-hydrogen) atoms. The Kier molecular flexibility index (Phi) is 6.17. The number of carbonyl (C=O) groups is 3. The first-order valence-electron chi connectivity index (χ1n) is 8.19. The molecule has 0 aliphatic carbocycles. The molecule has 3 N–H and O–H groups in total. The average Bonchev–Trinajstić information content (AvgIpc) is 2.59. The summed E-state index contributed by atoms with van der Waals surface area (Å²) in [6, 6.07) is 6.99. The molecule has 1 aromatic rings. The Morgan fingerprint density at radius 3 is 2.62 bits per heavy atom. The summed E-state index contributed by atoms with van der Waals surface area (Å²) in [6.07, 6.45) is 0.879. The number of piperazine rings is 1. The van der Waals surface area contributed by atoms with Gasteiger partial charge in [-0.15, -0.1) is 0 Å². The highest BCUT2D eigenvalue weighted by atomic mass is 16.2. The van der Waals surface area contributed by atoms with Crippen LogP contribution in [0.5, 0.6) is 0 Å². The van der Waals surface area contributed by atoms with Crippen molar-refractivity contribution >= 4 is 17.8 Å². The van der Waals surface area contributed by atoms with Crippen LogP contribution in [0.15, 0.2) is 24.3 Å². The molecule has 130 valence electrons. The van der Waals surface area contributed by atoms with Crippen LogP contribution in [0.3, 0.4) is 0 Å². The Morgan fingerprint density at radius 1 is 1.29 bits per heavy atom. The summed E-state index contributed by atoms with van der Waals surface area (Å²) in [7, 11) is 0. The van der Waals surface area contributed by atoms with Crippen molar-refractivity contribution in [2.45, 2.75) is 32.9 Å². The van der Waals surface area contributed by atoms with Gasteiger partial charge in [-0.3, -0.25) is 9.59 Å². The summed E-state index contributed by atoms with van der Waals surface area (Å²) in [5.74, 6) is -0.243. The fraction of sp³-hybridized carbons (Fsp3) is 0.471. The number of hydrogen-bond donors (Lipinski definition) is 3. The molecule has 1 fully saturated rings. The second-order valence-electron chi connectivity index (χ2n) is 5.91. The number of urea groups is 1. The molecule has 7 nitrogen and oxygen atoms in total. The van der Waals surface area contributed by atoms with Crippen molar-refractivity contribution in [3.8, 4) is 0 Å². The third-order valence-corrected chi connectivity index (χ3v) is 3.98. The lowest BCUT2D eigenvalue weighted by molar-refractivity contribution is -0.123. The topological polar surface area (TPSA) is 90.5 Å². The molecule has 1 saturated heterocycles. The minimum atomic E-state index is -0.261. The van der Waals surface area contributed by atoms with Crippen LogP contribution in [-0.2, 0) is 11.3 Å². The number of carbonyl (C=O) groups excluding carboxylic acids is 3. The van der Waals surface area contributed by atoms with Crippen molar-refractivity contribution in [3.63, 3.8) is 0 Å². The van der Waals surface area contributed by atoms with Crippen molar-refractivity contribution in [2.75, 3.05) is 19.6 Å². The fourth-order valence-corrected chi connectivity index (χ4v) is 2.28. The highest BCUT2D eigenvalue weighted by Crippen LogP contribution is 2.06. The number of rotatable bonds is 5. The maximum Gasteiger partial charge on any atom is 0.318 e. The van der Waals surface area contributed by atoms with Crippen LogP contribution in [0, 0.1) is 0 Å². The Labute approximate surface area is 141 Å². The first-order valence-corrected chi connectivity index (χ1v) is 8.19. The van der Waals surface area contributed by atoms with Crippen molar-refractivity contribution in [1.29, 1.82) is 0 Å². The Balaban J connectivity index is 1.84. The number of amides is 4. The largest absolute Gasteiger partial charge is 0.353 e. The minimum absolute atomic E-state index is 0.0839. The summed E-state index contributed by atoms with van der Waals surface area (Å²) in [6.45, 7) is 5.40. The van der Waals surface area contributed by atoms with Gasteiger partial charge in [0.1, 0.15) is 6.54 Å². The van der Waals surface area contributed by atoms with Gasteiger partial charge in [-0.2, -0.15) is 0 Å². The minimum Gasteiger partial charge on any atom is -0.353 e. The Morgan fingerprint density at radius 2 is 2.00 bits per heavy atom. The zero-order valence-electron chi connectivity index (χ0n) is 14.1. The van der Waals surface area contributed by atoms with Gasteiger partial charge in [0, 0.05) is 31.2 Å². The molecular weight excluding hydrogens is 308 g/mol.